The number of amides is 1. The number of carbonyl (C=O) groups is 1. The number of aryl methyl sites for hydroxylation is 1. The molecule has 1 aromatic carbocycles. The van der Waals surface area contributed by atoms with Gasteiger partial charge in [-0.15, -0.1) is 0 Å². The number of benzene rings is 1. The third kappa shape index (κ3) is 3.51. The van der Waals surface area contributed by atoms with Crippen molar-refractivity contribution < 1.29 is 9.53 Å². The van der Waals surface area contributed by atoms with Gasteiger partial charge in [-0.05, 0) is 25.8 Å². The summed E-state index contributed by atoms with van der Waals surface area (Å²) < 4.78 is 5.35. The van der Waals surface area contributed by atoms with Crippen LogP contribution in [-0.2, 0) is 11.3 Å². The zero-order chi connectivity index (χ0) is 15.3. The van der Waals surface area contributed by atoms with E-state index < -0.39 is 5.54 Å². The third-order valence-electron chi connectivity index (χ3n) is 3.88. The van der Waals surface area contributed by atoms with Gasteiger partial charge in [0.25, 0.3) is 0 Å². The zero-order valence-corrected chi connectivity index (χ0v) is 13.2. The first-order valence-corrected chi connectivity index (χ1v) is 7.06. The highest BCUT2D eigenvalue weighted by Crippen LogP contribution is 2.23. The maximum atomic E-state index is 12.5. The minimum absolute atomic E-state index is 0.0222. The van der Waals surface area contributed by atoms with Crippen molar-refractivity contribution in [3.63, 3.8) is 0 Å². The molecule has 1 amide bonds. The second-order valence-corrected chi connectivity index (χ2v) is 5.34. The highest BCUT2D eigenvalue weighted by molar-refractivity contribution is 5.85. The first kappa shape index (κ1) is 16.5. The van der Waals surface area contributed by atoms with Gasteiger partial charge >= 0.3 is 0 Å². The molecule has 4 nitrogen and oxygen atoms in total. The summed E-state index contributed by atoms with van der Waals surface area (Å²) in [4.78, 5) is 14.2. The Labute approximate surface area is 121 Å². The van der Waals surface area contributed by atoms with E-state index >= 15 is 0 Å². The monoisotopic (exact) mass is 278 g/mol. The number of ether oxygens (including phenoxy) is 1. The summed E-state index contributed by atoms with van der Waals surface area (Å²) in [5.41, 5.74) is 7.54. The van der Waals surface area contributed by atoms with Gasteiger partial charge in [-0.2, -0.15) is 0 Å². The molecule has 2 N–H and O–H groups in total. The van der Waals surface area contributed by atoms with Gasteiger partial charge in [-0.3, -0.25) is 4.79 Å². The smallest absolute Gasteiger partial charge is 0.242 e. The van der Waals surface area contributed by atoms with E-state index in [-0.39, 0.29) is 5.91 Å². The highest BCUT2D eigenvalue weighted by Gasteiger charge is 2.32. The predicted molar refractivity (Wildman–Crippen MR) is 81.7 cm³/mol. The molecule has 0 aliphatic heterocycles. The van der Waals surface area contributed by atoms with E-state index in [0.717, 1.165) is 16.9 Å². The summed E-state index contributed by atoms with van der Waals surface area (Å²) in [6.07, 6.45) is 1.27. The standard InChI is InChI=1S/C16H26N2O2/c1-6-16(17,7-2)15(19)18(4)11-13-10-12(3)8-9-14(13)20-5/h8-10H,6-7,11,17H2,1-5H3. The molecule has 0 saturated carbocycles. The van der Waals surface area contributed by atoms with Crippen LogP contribution in [-0.4, -0.2) is 30.5 Å². The molecule has 0 bridgehead atoms. The minimum atomic E-state index is -0.772. The highest BCUT2D eigenvalue weighted by atomic mass is 16.5. The summed E-state index contributed by atoms with van der Waals surface area (Å²) in [5, 5.41) is 0. The molecule has 4 heteroatoms. The van der Waals surface area contributed by atoms with Crippen LogP contribution in [0.5, 0.6) is 5.75 Å². The lowest BCUT2D eigenvalue weighted by Crippen LogP contribution is -2.53. The minimum Gasteiger partial charge on any atom is -0.496 e. The van der Waals surface area contributed by atoms with E-state index in [0.29, 0.717) is 19.4 Å². The average Bonchev–Trinajstić information content (AvgIpc) is 2.45. The molecule has 0 aromatic heterocycles. The Hall–Kier alpha value is -1.55. The van der Waals surface area contributed by atoms with Gasteiger partial charge in [0.05, 0.1) is 12.6 Å². The van der Waals surface area contributed by atoms with Crippen molar-refractivity contribution in [3.05, 3.63) is 29.3 Å². The Morgan fingerprint density at radius 2 is 1.95 bits per heavy atom. The van der Waals surface area contributed by atoms with Crippen molar-refractivity contribution in [2.75, 3.05) is 14.2 Å². The number of nitrogens with zero attached hydrogens (tertiary/aromatic N) is 1. The Kier molecular flexibility index (Phi) is 5.57. The van der Waals surface area contributed by atoms with Crippen LogP contribution in [0.2, 0.25) is 0 Å². The number of likely N-dealkylation sites (N-methyl/N-ethyl adjacent to an activating group) is 1. The molecular weight excluding hydrogens is 252 g/mol. The predicted octanol–water partition coefficient (Wildman–Crippen LogP) is 2.48. The lowest BCUT2D eigenvalue weighted by molar-refractivity contribution is -0.136. The number of hydrogen-bond donors (Lipinski definition) is 1. The van der Waals surface area contributed by atoms with Gasteiger partial charge in [0.2, 0.25) is 5.91 Å². The number of carbonyl (C=O) groups excluding carboxylic acids is 1. The van der Waals surface area contributed by atoms with Crippen LogP contribution in [0.4, 0.5) is 0 Å². The molecule has 0 aliphatic carbocycles. The SMILES string of the molecule is CCC(N)(CC)C(=O)N(C)Cc1cc(C)ccc1OC. The lowest BCUT2D eigenvalue weighted by atomic mass is 9.92. The molecule has 0 fully saturated rings. The van der Waals surface area contributed by atoms with Gasteiger partial charge in [0, 0.05) is 19.2 Å². The fraction of sp³-hybridized carbons (Fsp3) is 0.562. The van der Waals surface area contributed by atoms with Gasteiger partial charge < -0.3 is 15.4 Å². The summed E-state index contributed by atoms with van der Waals surface area (Å²) in [6.45, 7) is 6.42. The largest absolute Gasteiger partial charge is 0.496 e. The first-order valence-electron chi connectivity index (χ1n) is 7.06. The molecule has 1 aromatic rings. The second kappa shape index (κ2) is 6.75. The Balaban J connectivity index is 2.93. The van der Waals surface area contributed by atoms with Crippen molar-refractivity contribution in [2.24, 2.45) is 5.73 Å². The molecule has 0 aliphatic rings. The molecule has 0 radical (unpaired) electrons. The number of hydrogen-bond acceptors (Lipinski definition) is 3. The van der Waals surface area contributed by atoms with E-state index in [2.05, 4.69) is 0 Å². The maximum absolute atomic E-state index is 12.5. The van der Waals surface area contributed by atoms with Crippen LogP contribution in [0.25, 0.3) is 0 Å². The van der Waals surface area contributed by atoms with E-state index in [1.54, 1.807) is 19.1 Å². The van der Waals surface area contributed by atoms with E-state index in [1.165, 1.54) is 0 Å². The van der Waals surface area contributed by atoms with Gasteiger partial charge in [0.1, 0.15) is 5.75 Å². The number of nitrogens with two attached hydrogens (primary N) is 1. The normalized spacial score (nSPS) is 11.3. The summed E-state index contributed by atoms with van der Waals surface area (Å²) in [5.74, 6) is 0.775. The summed E-state index contributed by atoms with van der Waals surface area (Å²) in [6, 6.07) is 5.96. The summed E-state index contributed by atoms with van der Waals surface area (Å²) in [7, 11) is 3.43. The van der Waals surface area contributed by atoms with Crippen LogP contribution in [0, 0.1) is 6.92 Å². The molecule has 0 atom stereocenters. The average molecular weight is 278 g/mol. The van der Waals surface area contributed by atoms with Crippen molar-refractivity contribution in [2.45, 2.75) is 45.7 Å². The number of methoxy groups -OCH3 is 1. The Bertz CT molecular complexity index is 468. The van der Waals surface area contributed by atoms with Crippen molar-refractivity contribution in [3.8, 4) is 5.75 Å². The van der Waals surface area contributed by atoms with E-state index in [9.17, 15) is 4.79 Å². The molecule has 0 spiro atoms. The van der Waals surface area contributed by atoms with Gasteiger partial charge in [0.15, 0.2) is 0 Å². The second-order valence-electron chi connectivity index (χ2n) is 5.34. The quantitative estimate of drug-likeness (QED) is 0.869. The van der Waals surface area contributed by atoms with Gasteiger partial charge in [-0.1, -0.05) is 31.5 Å². The third-order valence-corrected chi connectivity index (χ3v) is 3.88. The van der Waals surface area contributed by atoms with Crippen LogP contribution < -0.4 is 10.5 Å². The van der Waals surface area contributed by atoms with Crippen molar-refractivity contribution >= 4 is 5.91 Å². The van der Waals surface area contributed by atoms with E-state index in [4.69, 9.17) is 10.5 Å². The fourth-order valence-electron chi connectivity index (χ4n) is 2.29. The van der Waals surface area contributed by atoms with Crippen LogP contribution in [0.3, 0.4) is 0 Å². The van der Waals surface area contributed by atoms with Crippen molar-refractivity contribution in [1.82, 2.24) is 4.90 Å². The molecule has 0 saturated heterocycles. The first-order chi connectivity index (χ1) is 9.37. The lowest BCUT2D eigenvalue weighted by Gasteiger charge is -2.31. The van der Waals surface area contributed by atoms with E-state index in [1.807, 2.05) is 39.0 Å². The molecule has 1 rings (SSSR count). The molecule has 112 valence electrons. The Morgan fingerprint density at radius 3 is 2.45 bits per heavy atom. The van der Waals surface area contributed by atoms with Crippen LogP contribution in [0.15, 0.2) is 18.2 Å². The van der Waals surface area contributed by atoms with Crippen molar-refractivity contribution in [1.29, 1.82) is 0 Å². The zero-order valence-electron chi connectivity index (χ0n) is 13.2. The fourth-order valence-corrected chi connectivity index (χ4v) is 2.29. The van der Waals surface area contributed by atoms with Crippen LogP contribution in [0.1, 0.15) is 37.8 Å². The molecular formula is C16H26N2O2. The maximum Gasteiger partial charge on any atom is 0.242 e. The molecule has 0 heterocycles. The Morgan fingerprint density at radius 1 is 1.35 bits per heavy atom. The van der Waals surface area contributed by atoms with Crippen LogP contribution >= 0.6 is 0 Å². The topological polar surface area (TPSA) is 55.6 Å². The number of rotatable bonds is 6. The molecule has 0 unspecified atom stereocenters. The summed E-state index contributed by atoms with van der Waals surface area (Å²) >= 11 is 0. The molecule has 20 heavy (non-hydrogen) atoms. The van der Waals surface area contributed by atoms with Gasteiger partial charge in [-0.25, -0.2) is 0 Å².